The number of amides is 1. The molecule has 2 fully saturated rings. The minimum absolute atomic E-state index is 0.0372. The van der Waals surface area contributed by atoms with Gasteiger partial charge in [0, 0.05) is 30.0 Å². The molecule has 9 nitrogen and oxygen atoms in total. The number of pyridine rings is 2. The van der Waals surface area contributed by atoms with Crippen LogP contribution in [0.15, 0.2) is 30.6 Å². The number of hydrogen-bond donors (Lipinski definition) is 2. The number of aryl methyl sites for hydroxylation is 1. The zero-order valence-corrected chi connectivity index (χ0v) is 17.8. The average molecular weight is 422 g/mol. The van der Waals surface area contributed by atoms with E-state index in [1.54, 1.807) is 4.68 Å². The van der Waals surface area contributed by atoms with E-state index in [2.05, 4.69) is 27.9 Å². The molecule has 0 aliphatic carbocycles. The van der Waals surface area contributed by atoms with Crippen molar-refractivity contribution in [2.24, 2.45) is 18.4 Å². The Bertz CT molecular complexity index is 1100. The van der Waals surface area contributed by atoms with Gasteiger partial charge in [-0.05, 0) is 44.1 Å². The van der Waals surface area contributed by atoms with Crippen LogP contribution in [0, 0.1) is 11.3 Å². The van der Waals surface area contributed by atoms with Crippen LogP contribution < -0.4 is 10.6 Å². The summed E-state index contributed by atoms with van der Waals surface area (Å²) in [4.78, 5) is 22.5. The molecule has 2 saturated heterocycles. The third-order valence-electron chi connectivity index (χ3n) is 6.31. The van der Waals surface area contributed by atoms with Crippen molar-refractivity contribution in [3.8, 4) is 11.4 Å². The number of aromatic nitrogens is 5. The maximum Gasteiger partial charge on any atom is 0.223 e. The predicted molar refractivity (Wildman–Crippen MR) is 115 cm³/mol. The topological polar surface area (TPSA) is 107 Å². The van der Waals surface area contributed by atoms with E-state index < -0.39 is 0 Å². The number of hydrogen-bond acceptors (Lipinski definition) is 7. The number of nitrogens with one attached hydrogen (secondary N) is 2. The molecule has 9 heteroatoms. The van der Waals surface area contributed by atoms with Crippen LogP contribution in [0.25, 0.3) is 22.3 Å². The lowest BCUT2D eigenvalue weighted by Gasteiger charge is -2.44. The number of piperidine rings is 1. The van der Waals surface area contributed by atoms with Gasteiger partial charge in [0.15, 0.2) is 0 Å². The predicted octanol–water partition coefficient (Wildman–Crippen LogP) is 1.62. The Kier molecular flexibility index (Phi) is 5.15. The van der Waals surface area contributed by atoms with Gasteiger partial charge < -0.3 is 15.4 Å². The molecule has 162 valence electrons. The number of rotatable bonds is 5. The van der Waals surface area contributed by atoms with Crippen LogP contribution in [0.1, 0.15) is 31.5 Å². The van der Waals surface area contributed by atoms with E-state index in [0.29, 0.717) is 13.2 Å². The van der Waals surface area contributed by atoms with Crippen LogP contribution >= 0.6 is 0 Å². The molecule has 31 heavy (non-hydrogen) atoms. The maximum atomic E-state index is 13.0. The van der Waals surface area contributed by atoms with Crippen LogP contribution in [0.3, 0.4) is 0 Å². The summed E-state index contributed by atoms with van der Waals surface area (Å²) in [7, 11) is 1.83. The largest absolute Gasteiger partial charge is 0.380 e. The van der Waals surface area contributed by atoms with Crippen LogP contribution in [0.5, 0.6) is 0 Å². The summed E-state index contributed by atoms with van der Waals surface area (Å²) < 4.78 is 7.17. The molecule has 0 spiro atoms. The van der Waals surface area contributed by atoms with E-state index in [-0.39, 0.29) is 23.3 Å². The van der Waals surface area contributed by atoms with Gasteiger partial charge in [-0.2, -0.15) is 0 Å². The summed E-state index contributed by atoms with van der Waals surface area (Å²) in [6, 6.07) is 5.66. The second kappa shape index (κ2) is 7.97. The zero-order chi connectivity index (χ0) is 21.4. The minimum atomic E-state index is -0.227. The van der Waals surface area contributed by atoms with Crippen LogP contribution in [0.2, 0.25) is 0 Å². The van der Waals surface area contributed by atoms with E-state index in [0.717, 1.165) is 53.9 Å². The lowest BCUT2D eigenvalue weighted by molar-refractivity contribution is -0.140. The van der Waals surface area contributed by atoms with Gasteiger partial charge >= 0.3 is 0 Å². The molecule has 1 atom stereocenters. The van der Waals surface area contributed by atoms with Crippen molar-refractivity contribution >= 4 is 16.8 Å². The molecule has 0 radical (unpaired) electrons. The van der Waals surface area contributed by atoms with Gasteiger partial charge in [0.1, 0.15) is 5.69 Å². The van der Waals surface area contributed by atoms with E-state index in [1.807, 2.05) is 37.6 Å². The Balaban J connectivity index is 1.47. The number of carbonyl (C=O) groups excluding carboxylic acids is 1. The molecule has 2 aliphatic heterocycles. The summed E-state index contributed by atoms with van der Waals surface area (Å²) in [5, 5.41) is 15.7. The van der Waals surface area contributed by atoms with Gasteiger partial charge in [0.25, 0.3) is 0 Å². The Hall–Kier alpha value is -2.91. The fourth-order valence-electron chi connectivity index (χ4n) is 4.34. The smallest absolute Gasteiger partial charge is 0.223 e. The Morgan fingerprint density at radius 2 is 2.10 bits per heavy atom. The molecule has 5 heterocycles. The second-order valence-electron chi connectivity index (χ2n) is 8.89. The molecular weight excluding hydrogens is 394 g/mol. The highest BCUT2D eigenvalue weighted by Crippen LogP contribution is 2.40. The maximum absolute atomic E-state index is 13.0. The summed E-state index contributed by atoms with van der Waals surface area (Å²) >= 11 is 0. The standard InChI is InChI=1S/C22H27N7O2/c1-22(12-31-13-22)20(26-21(30)14-5-7-23-8-6-14)18-9-17-15(10-24-18)3-4-16(25-17)19-11-29(2)28-27-19/h3-4,9-11,14,20,23H,5-8,12-13H2,1-2H3,(H,26,30). The Morgan fingerprint density at radius 3 is 2.77 bits per heavy atom. The first-order chi connectivity index (χ1) is 15.0. The van der Waals surface area contributed by atoms with Crippen LogP contribution in [0.4, 0.5) is 0 Å². The molecule has 2 aliphatic rings. The average Bonchev–Trinajstić information content (AvgIpc) is 3.22. The molecule has 5 rings (SSSR count). The highest BCUT2D eigenvalue weighted by molar-refractivity contribution is 5.82. The highest BCUT2D eigenvalue weighted by Gasteiger charge is 2.44. The van der Waals surface area contributed by atoms with Gasteiger partial charge in [-0.15, -0.1) is 5.10 Å². The van der Waals surface area contributed by atoms with Crippen molar-refractivity contribution in [3.63, 3.8) is 0 Å². The SMILES string of the molecule is Cn1cc(-c2ccc3cnc(C(NC(=O)C4CCNCC4)C4(C)COC4)cc3n2)nn1. The van der Waals surface area contributed by atoms with Crippen molar-refractivity contribution in [1.82, 2.24) is 35.6 Å². The van der Waals surface area contributed by atoms with Crippen molar-refractivity contribution in [2.45, 2.75) is 25.8 Å². The highest BCUT2D eigenvalue weighted by atomic mass is 16.5. The van der Waals surface area contributed by atoms with E-state index in [1.165, 1.54) is 0 Å². The van der Waals surface area contributed by atoms with Gasteiger partial charge in [0.05, 0.1) is 42.4 Å². The normalized spacial score (nSPS) is 19.7. The molecule has 2 N–H and O–H groups in total. The van der Waals surface area contributed by atoms with Gasteiger partial charge in [0.2, 0.25) is 5.91 Å². The van der Waals surface area contributed by atoms with Crippen LogP contribution in [-0.2, 0) is 16.6 Å². The second-order valence-corrected chi connectivity index (χ2v) is 8.89. The number of carbonyl (C=O) groups is 1. The molecule has 0 aromatic carbocycles. The first-order valence-corrected chi connectivity index (χ1v) is 10.7. The number of nitrogens with zero attached hydrogens (tertiary/aromatic N) is 5. The van der Waals surface area contributed by atoms with Gasteiger partial charge in [-0.3, -0.25) is 14.5 Å². The molecular formula is C22H27N7O2. The first kappa shape index (κ1) is 20.0. The van der Waals surface area contributed by atoms with E-state index in [4.69, 9.17) is 14.7 Å². The van der Waals surface area contributed by atoms with Crippen molar-refractivity contribution < 1.29 is 9.53 Å². The van der Waals surface area contributed by atoms with Crippen molar-refractivity contribution in [2.75, 3.05) is 26.3 Å². The zero-order valence-electron chi connectivity index (χ0n) is 17.8. The van der Waals surface area contributed by atoms with Gasteiger partial charge in [-0.1, -0.05) is 12.1 Å². The lowest BCUT2D eigenvalue weighted by Crippen LogP contribution is -2.52. The molecule has 3 aromatic heterocycles. The Morgan fingerprint density at radius 1 is 1.29 bits per heavy atom. The van der Waals surface area contributed by atoms with Crippen LogP contribution in [-0.4, -0.2) is 57.2 Å². The fraction of sp³-hybridized carbons (Fsp3) is 0.500. The fourth-order valence-corrected chi connectivity index (χ4v) is 4.34. The lowest BCUT2D eigenvalue weighted by atomic mass is 9.78. The summed E-state index contributed by atoms with van der Waals surface area (Å²) in [6.07, 6.45) is 5.38. The molecule has 3 aromatic rings. The molecule has 0 bridgehead atoms. The van der Waals surface area contributed by atoms with E-state index >= 15 is 0 Å². The number of ether oxygens (including phenoxy) is 1. The molecule has 1 unspecified atom stereocenters. The van der Waals surface area contributed by atoms with Crippen molar-refractivity contribution in [1.29, 1.82) is 0 Å². The summed E-state index contributed by atoms with van der Waals surface area (Å²) in [5.41, 5.74) is 2.91. The van der Waals surface area contributed by atoms with Gasteiger partial charge in [-0.25, -0.2) is 4.98 Å². The minimum Gasteiger partial charge on any atom is -0.380 e. The molecule has 0 saturated carbocycles. The number of fused-ring (bicyclic) bond motifs is 1. The van der Waals surface area contributed by atoms with E-state index in [9.17, 15) is 4.79 Å². The summed E-state index contributed by atoms with van der Waals surface area (Å²) in [5.74, 6) is 0.137. The summed E-state index contributed by atoms with van der Waals surface area (Å²) in [6.45, 7) is 5.09. The van der Waals surface area contributed by atoms with Crippen molar-refractivity contribution in [3.05, 3.63) is 36.3 Å². The third-order valence-corrected chi connectivity index (χ3v) is 6.31. The third kappa shape index (κ3) is 3.90. The first-order valence-electron chi connectivity index (χ1n) is 10.7. The Labute approximate surface area is 180 Å². The molecule has 1 amide bonds. The quantitative estimate of drug-likeness (QED) is 0.645. The monoisotopic (exact) mass is 421 g/mol.